The Balaban J connectivity index is 1.61. The number of anilines is 1. The van der Waals surface area contributed by atoms with Crippen LogP contribution in [0.1, 0.15) is 25.5 Å². The molecular formula is C20H22N2O3. The molecule has 3 atom stereocenters. The predicted molar refractivity (Wildman–Crippen MR) is 95.2 cm³/mol. The highest BCUT2D eigenvalue weighted by Crippen LogP contribution is 2.45. The van der Waals surface area contributed by atoms with Crippen molar-refractivity contribution in [3.05, 3.63) is 66.2 Å². The Morgan fingerprint density at radius 1 is 1.08 bits per heavy atom. The Kier molecular flexibility index (Phi) is 3.98. The summed E-state index contributed by atoms with van der Waals surface area (Å²) in [5, 5.41) is 2.98. The van der Waals surface area contributed by atoms with E-state index in [4.69, 9.17) is 9.47 Å². The zero-order chi connectivity index (χ0) is 17.4. The number of para-hydroxylation sites is 1. The van der Waals surface area contributed by atoms with E-state index < -0.39 is 0 Å². The van der Waals surface area contributed by atoms with Gasteiger partial charge in [-0.05, 0) is 31.5 Å². The number of carbonyl (C=O) groups excluding carboxylic acids is 1. The molecule has 4 rings (SSSR count). The van der Waals surface area contributed by atoms with Crippen LogP contribution in [0.3, 0.4) is 0 Å². The van der Waals surface area contributed by atoms with Gasteiger partial charge in [-0.1, -0.05) is 48.5 Å². The summed E-state index contributed by atoms with van der Waals surface area (Å²) in [7, 11) is 0. The van der Waals surface area contributed by atoms with E-state index in [1.807, 2.05) is 74.5 Å². The van der Waals surface area contributed by atoms with Gasteiger partial charge < -0.3 is 14.8 Å². The molecule has 2 aromatic carbocycles. The summed E-state index contributed by atoms with van der Waals surface area (Å²) >= 11 is 0. The third kappa shape index (κ3) is 3.13. The Bertz CT molecular complexity index is 748. The van der Waals surface area contributed by atoms with Gasteiger partial charge in [0.2, 0.25) is 0 Å². The second-order valence-electron chi connectivity index (χ2n) is 7.00. The number of hydrogen-bond donors (Lipinski definition) is 1. The van der Waals surface area contributed by atoms with E-state index in [1.54, 1.807) is 4.90 Å². The molecule has 0 bridgehead atoms. The summed E-state index contributed by atoms with van der Waals surface area (Å²) in [4.78, 5) is 14.8. The van der Waals surface area contributed by atoms with Crippen molar-refractivity contribution in [1.29, 1.82) is 0 Å². The van der Waals surface area contributed by atoms with Crippen LogP contribution in [0.25, 0.3) is 0 Å². The molecule has 1 N–H and O–H groups in total. The van der Waals surface area contributed by atoms with Crippen molar-refractivity contribution in [2.75, 3.05) is 11.9 Å². The maximum Gasteiger partial charge on any atom is 0.324 e. The summed E-state index contributed by atoms with van der Waals surface area (Å²) in [5.41, 5.74) is 1.56. The van der Waals surface area contributed by atoms with E-state index in [9.17, 15) is 4.79 Å². The van der Waals surface area contributed by atoms with Gasteiger partial charge in [0.05, 0.1) is 18.2 Å². The van der Waals surface area contributed by atoms with E-state index in [1.165, 1.54) is 0 Å². The fraction of sp³-hybridized carbons (Fsp3) is 0.350. The first kappa shape index (κ1) is 16.1. The second-order valence-corrected chi connectivity index (χ2v) is 7.00. The average Bonchev–Trinajstić information content (AvgIpc) is 3.06. The number of carbonyl (C=O) groups is 1. The Morgan fingerprint density at radius 2 is 1.68 bits per heavy atom. The van der Waals surface area contributed by atoms with Crippen molar-refractivity contribution in [3.63, 3.8) is 0 Å². The van der Waals surface area contributed by atoms with Gasteiger partial charge in [-0.25, -0.2) is 4.79 Å². The summed E-state index contributed by atoms with van der Waals surface area (Å²) in [6.45, 7) is 4.50. The van der Waals surface area contributed by atoms with Gasteiger partial charge in [0.25, 0.3) is 0 Å². The zero-order valence-electron chi connectivity index (χ0n) is 14.4. The highest BCUT2D eigenvalue weighted by atomic mass is 16.6. The molecular weight excluding hydrogens is 316 g/mol. The molecule has 0 unspecified atom stereocenters. The number of nitrogens with zero attached hydrogens (tertiary/aromatic N) is 1. The van der Waals surface area contributed by atoms with Gasteiger partial charge in [0.15, 0.2) is 6.23 Å². The molecule has 130 valence electrons. The molecule has 0 saturated carbocycles. The maximum absolute atomic E-state index is 13.0. The van der Waals surface area contributed by atoms with Crippen molar-refractivity contribution in [3.8, 4) is 0 Å². The van der Waals surface area contributed by atoms with Crippen molar-refractivity contribution < 1.29 is 14.3 Å². The molecule has 5 heteroatoms. The van der Waals surface area contributed by atoms with Gasteiger partial charge in [-0.2, -0.15) is 0 Å². The summed E-state index contributed by atoms with van der Waals surface area (Å²) < 4.78 is 11.7. The van der Waals surface area contributed by atoms with Gasteiger partial charge >= 0.3 is 6.03 Å². The lowest BCUT2D eigenvalue weighted by molar-refractivity contribution is 0.0287. The third-order valence-electron chi connectivity index (χ3n) is 4.80. The molecule has 5 nitrogen and oxygen atoms in total. The molecule has 2 amide bonds. The first-order valence-electron chi connectivity index (χ1n) is 8.55. The Labute approximate surface area is 147 Å². The lowest BCUT2D eigenvalue weighted by Gasteiger charge is -2.28. The van der Waals surface area contributed by atoms with Gasteiger partial charge in [-0.15, -0.1) is 0 Å². The minimum absolute atomic E-state index is 0.109. The van der Waals surface area contributed by atoms with E-state index in [2.05, 4.69) is 5.32 Å². The molecule has 0 radical (unpaired) electrons. The molecule has 0 aromatic heterocycles. The second kappa shape index (κ2) is 6.17. The van der Waals surface area contributed by atoms with Crippen LogP contribution in [0.15, 0.2) is 60.7 Å². The number of hydrogen-bond acceptors (Lipinski definition) is 3. The topological polar surface area (TPSA) is 54.1 Å². The van der Waals surface area contributed by atoms with Crippen molar-refractivity contribution in [2.24, 2.45) is 0 Å². The molecule has 2 aliphatic rings. The summed E-state index contributed by atoms with van der Waals surface area (Å²) in [6, 6.07) is 19.1. The van der Waals surface area contributed by atoms with Crippen LogP contribution >= 0.6 is 0 Å². The number of nitrogens with one attached hydrogen (secondary N) is 1. The fourth-order valence-electron chi connectivity index (χ4n) is 3.35. The maximum atomic E-state index is 13.0. The largest absolute Gasteiger partial charge is 0.362 e. The average molecular weight is 338 g/mol. The first-order chi connectivity index (χ1) is 12.1. The molecule has 2 aromatic rings. The highest BCUT2D eigenvalue weighted by molar-refractivity contribution is 5.90. The SMILES string of the molecule is CC1(C)O[C@@H]1[C@@H]1OC[C@H](c2ccccc2)N1C(=O)Nc1ccccc1. The van der Waals surface area contributed by atoms with Crippen LogP contribution in [0.4, 0.5) is 10.5 Å². The highest BCUT2D eigenvalue weighted by Gasteiger charge is 2.59. The molecule has 2 aliphatic heterocycles. The van der Waals surface area contributed by atoms with Crippen LogP contribution in [0, 0.1) is 0 Å². The number of amides is 2. The van der Waals surface area contributed by atoms with E-state index in [-0.39, 0.29) is 30.0 Å². The number of ether oxygens (including phenoxy) is 2. The standard InChI is InChI=1S/C20H22N2O3/c1-20(2)17(25-20)18-22(19(23)21-15-11-7-4-8-12-15)16(13-24-18)14-9-5-3-6-10-14/h3-12,16-18H,13H2,1-2H3,(H,21,23)/t16-,17-,18+/m1/s1. The minimum atomic E-state index is -0.385. The number of urea groups is 1. The first-order valence-corrected chi connectivity index (χ1v) is 8.55. The summed E-state index contributed by atoms with van der Waals surface area (Å²) in [6.07, 6.45) is -0.494. The normalized spacial score (nSPS) is 27.1. The zero-order valence-corrected chi connectivity index (χ0v) is 14.4. The number of benzene rings is 2. The molecule has 2 fully saturated rings. The minimum Gasteiger partial charge on any atom is -0.362 e. The Morgan fingerprint density at radius 3 is 2.28 bits per heavy atom. The van der Waals surface area contributed by atoms with Crippen molar-refractivity contribution in [2.45, 2.75) is 37.8 Å². The van der Waals surface area contributed by atoms with Crippen LogP contribution in [-0.4, -0.2) is 35.5 Å². The third-order valence-corrected chi connectivity index (χ3v) is 4.80. The number of rotatable bonds is 3. The smallest absolute Gasteiger partial charge is 0.324 e. The van der Waals surface area contributed by atoms with E-state index in [0.29, 0.717) is 6.61 Å². The van der Waals surface area contributed by atoms with Crippen LogP contribution in [0.2, 0.25) is 0 Å². The monoisotopic (exact) mass is 338 g/mol. The van der Waals surface area contributed by atoms with Crippen molar-refractivity contribution in [1.82, 2.24) is 4.90 Å². The molecule has 0 aliphatic carbocycles. The quantitative estimate of drug-likeness (QED) is 0.866. The van der Waals surface area contributed by atoms with Crippen LogP contribution in [-0.2, 0) is 9.47 Å². The van der Waals surface area contributed by atoms with E-state index >= 15 is 0 Å². The van der Waals surface area contributed by atoms with Gasteiger partial charge in [0, 0.05) is 5.69 Å². The van der Waals surface area contributed by atoms with Crippen molar-refractivity contribution >= 4 is 11.7 Å². The molecule has 2 heterocycles. The lowest BCUT2D eigenvalue weighted by Crippen LogP contribution is -2.44. The van der Waals surface area contributed by atoms with E-state index in [0.717, 1.165) is 11.3 Å². The fourth-order valence-corrected chi connectivity index (χ4v) is 3.35. The lowest BCUT2D eigenvalue weighted by atomic mass is 10.1. The number of epoxide rings is 1. The molecule has 25 heavy (non-hydrogen) atoms. The van der Waals surface area contributed by atoms with Gasteiger partial charge in [0.1, 0.15) is 6.10 Å². The Hall–Kier alpha value is -2.37. The van der Waals surface area contributed by atoms with Crippen LogP contribution in [0.5, 0.6) is 0 Å². The molecule has 2 saturated heterocycles. The predicted octanol–water partition coefficient (Wildman–Crippen LogP) is 3.80. The summed E-state index contributed by atoms with van der Waals surface area (Å²) in [5.74, 6) is 0. The van der Waals surface area contributed by atoms with Crippen LogP contribution < -0.4 is 5.32 Å². The molecule has 0 spiro atoms. The van der Waals surface area contributed by atoms with Gasteiger partial charge in [-0.3, -0.25) is 4.90 Å².